The van der Waals surface area contributed by atoms with Crippen LogP contribution in [0, 0.1) is 6.92 Å². The summed E-state index contributed by atoms with van der Waals surface area (Å²) in [6, 6.07) is 26.9. The zero-order valence-electron chi connectivity index (χ0n) is 15.5. The molecular formula is C23H20N4O. The first kappa shape index (κ1) is 17.7. The van der Waals surface area contributed by atoms with Gasteiger partial charge in [0.2, 0.25) is 5.95 Å². The maximum Gasteiger partial charge on any atom is 0.281 e. The second-order valence-corrected chi connectivity index (χ2v) is 6.49. The Bertz CT molecular complexity index is 1090. The second kappa shape index (κ2) is 7.88. The predicted octanol–water partition coefficient (Wildman–Crippen LogP) is 4.55. The molecule has 0 saturated heterocycles. The minimum Gasteiger partial charge on any atom is -0.350 e. The van der Waals surface area contributed by atoms with Crippen molar-refractivity contribution in [2.75, 3.05) is 5.32 Å². The van der Waals surface area contributed by atoms with E-state index >= 15 is 0 Å². The van der Waals surface area contributed by atoms with Crippen molar-refractivity contribution in [1.29, 1.82) is 0 Å². The number of nitrogens with one attached hydrogen (secondary N) is 1. The van der Waals surface area contributed by atoms with Crippen LogP contribution in [0.2, 0.25) is 0 Å². The molecule has 28 heavy (non-hydrogen) atoms. The number of nitrogens with zero attached hydrogens (tertiary/aromatic N) is 3. The van der Waals surface area contributed by atoms with Crippen molar-refractivity contribution >= 4 is 11.9 Å². The smallest absolute Gasteiger partial charge is 0.281 e. The van der Waals surface area contributed by atoms with Gasteiger partial charge in [0.15, 0.2) is 5.82 Å². The van der Waals surface area contributed by atoms with E-state index in [2.05, 4.69) is 34.5 Å². The highest BCUT2D eigenvalue weighted by Gasteiger charge is 2.18. The average molecular weight is 368 g/mol. The first-order valence-corrected chi connectivity index (χ1v) is 9.13. The van der Waals surface area contributed by atoms with Crippen LogP contribution in [0.1, 0.15) is 21.5 Å². The van der Waals surface area contributed by atoms with Crippen molar-refractivity contribution in [3.63, 3.8) is 0 Å². The summed E-state index contributed by atoms with van der Waals surface area (Å²) in [5.74, 6) is 0.718. The van der Waals surface area contributed by atoms with E-state index in [9.17, 15) is 4.79 Å². The Labute approximate surface area is 163 Å². The van der Waals surface area contributed by atoms with E-state index in [0.717, 1.165) is 11.1 Å². The Morgan fingerprint density at radius 2 is 1.54 bits per heavy atom. The van der Waals surface area contributed by atoms with Crippen LogP contribution < -0.4 is 5.32 Å². The number of carbonyl (C=O) groups excluding carboxylic acids is 1. The normalized spacial score (nSPS) is 10.6. The second-order valence-electron chi connectivity index (χ2n) is 6.49. The summed E-state index contributed by atoms with van der Waals surface area (Å²) < 4.78 is 1.34. The minimum absolute atomic E-state index is 0.220. The van der Waals surface area contributed by atoms with E-state index < -0.39 is 0 Å². The third-order valence-corrected chi connectivity index (χ3v) is 4.55. The van der Waals surface area contributed by atoms with Gasteiger partial charge in [-0.1, -0.05) is 72.8 Å². The molecule has 0 aliphatic carbocycles. The van der Waals surface area contributed by atoms with Gasteiger partial charge in [0, 0.05) is 17.7 Å². The molecule has 0 spiro atoms. The Hall–Kier alpha value is -3.73. The van der Waals surface area contributed by atoms with Crippen LogP contribution in [-0.4, -0.2) is 20.7 Å². The number of aromatic nitrogens is 3. The molecule has 0 saturated carbocycles. The summed E-state index contributed by atoms with van der Waals surface area (Å²) in [5, 5.41) is 7.76. The molecule has 0 unspecified atom stereocenters. The quantitative estimate of drug-likeness (QED) is 0.561. The lowest BCUT2D eigenvalue weighted by atomic mass is 10.1. The highest BCUT2D eigenvalue weighted by Crippen LogP contribution is 2.19. The largest absolute Gasteiger partial charge is 0.350 e. The van der Waals surface area contributed by atoms with Crippen molar-refractivity contribution in [1.82, 2.24) is 14.8 Å². The van der Waals surface area contributed by atoms with Crippen LogP contribution in [-0.2, 0) is 6.54 Å². The van der Waals surface area contributed by atoms with E-state index in [1.54, 1.807) is 12.1 Å². The van der Waals surface area contributed by atoms with E-state index in [1.165, 1.54) is 10.2 Å². The highest BCUT2D eigenvalue weighted by molar-refractivity contribution is 5.97. The molecule has 4 aromatic rings. The molecule has 0 aliphatic rings. The fourth-order valence-electron chi connectivity index (χ4n) is 2.96. The Balaban J connectivity index is 1.70. The molecule has 138 valence electrons. The van der Waals surface area contributed by atoms with Gasteiger partial charge in [-0.2, -0.15) is 9.67 Å². The number of aryl methyl sites for hydroxylation is 1. The number of benzene rings is 3. The molecule has 0 fully saturated rings. The molecular weight excluding hydrogens is 348 g/mol. The fourth-order valence-corrected chi connectivity index (χ4v) is 2.96. The molecule has 0 amide bonds. The van der Waals surface area contributed by atoms with E-state index in [1.807, 2.05) is 60.7 Å². The topological polar surface area (TPSA) is 59.8 Å². The van der Waals surface area contributed by atoms with Gasteiger partial charge in [-0.15, -0.1) is 5.10 Å². The summed E-state index contributed by atoms with van der Waals surface area (Å²) in [6.07, 6.45) is 0. The number of hydrogen-bond donors (Lipinski definition) is 1. The van der Waals surface area contributed by atoms with Crippen molar-refractivity contribution in [3.8, 4) is 11.4 Å². The monoisotopic (exact) mass is 368 g/mol. The summed E-state index contributed by atoms with van der Waals surface area (Å²) in [4.78, 5) is 17.6. The molecule has 0 atom stereocenters. The van der Waals surface area contributed by atoms with E-state index in [0.29, 0.717) is 23.9 Å². The van der Waals surface area contributed by atoms with Gasteiger partial charge in [0.05, 0.1) is 0 Å². The molecule has 1 heterocycles. The van der Waals surface area contributed by atoms with Crippen LogP contribution in [0.15, 0.2) is 84.9 Å². The third-order valence-electron chi connectivity index (χ3n) is 4.55. The Morgan fingerprint density at radius 1 is 0.893 bits per heavy atom. The highest BCUT2D eigenvalue weighted by atomic mass is 16.2. The van der Waals surface area contributed by atoms with Crippen LogP contribution >= 0.6 is 0 Å². The molecule has 3 aromatic carbocycles. The summed E-state index contributed by atoms with van der Waals surface area (Å²) in [5.41, 5.74) is 3.75. The maximum absolute atomic E-state index is 13.0. The van der Waals surface area contributed by atoms with Gasteiger partial charge in [-0.05, 0) is 30.2 Å². The molecule has 5 nitrogen and oxygen atoms in total. The predicted molar refractivity (Wildman–Crippen MR) is 110 cm³/mol. The maximum atomic E-state index is 13.0. The summed E-state index contributed by atoms with van der Waals surface area (Å²) in [6.45, 7) is 2.62. The third kappa shape index (κ3) is 3.69. The molecule has 1 aromatic heterocycles. The number of hydrogen-bond acceptors (Lipinski definition) is 4. The van der Waals surface area contributed by atoms with Crippen LogP contribution in [0.5, 0.6) is 0 Å². The van der Waals surface area contributed by atoms with Crippen LogP contribution in [0.4, 0.5) is 5.95 Å². The molecule has 0 bridgehead atoms. The molecule has 1 N–H and O–H groups in total. The van der Waals surface area contributed by atoms with Crippen LogP contribution in [0.3, 0.4) is 0 Å². The van der Waals surface area contributed by atoms with Crippen molar-refractivity contribution in [2.24, 2.45) is 0 Å². The molecule has 0 radical (unpaired) electrons. The lowest BCUT2D eigenvalue weighted by Crippen LogP contribution is -2.17. The zero-order valence-corrected chi connectivity index (χ0v) is 15.5. The standard InChI is InChI=1S/C23H20N4O/c1-17-10-8-9-15-20(17)16-24-23-25-21(18-11-4-2-5-12-18)26-27(23)22(28)19-13-6-3-7-14-19/h2-15H,16H2,1H3,(H,24,25,26). The van der Waals surface area contributed by atoms with Gasteiger partial charge in [-0.25, -0.2) is 0 Å². The van der Waals surface area contributed by atoms with Gasteiger partial charge < -0.3 is 5.32 Å². The molecule has 0 aliphatic heterocycles. The Kier molecular flexibility index (Phi) is 4.97. The fraction of sp³-hybridized carbons (Fsp3) is 0.0870. The number of rotatable bonds is 5. The first-order valence-electron chi connectivity index (χ1n) is 9.13. The van der Waals surface area contributed by atoms with Crippen molar-refractivity contribution in [3.05, 3.63) is 102 Å². The SMILES string of the molecule is Cc1ccccc1CNc1nc(-c2ccccc2)nn1C(=O)c1ccccc1. The van der Waals surface area contributed by atoms with E-state index in [-0.39, 0.29) is 5.91 Å². The van der Waals surface area contributed by atoms with Crippen molar-refractivity contribution in [2.45, 2.75) is 13.5 Å². The summed E-state index contributed by atoms with van der Waals surface area (Å²) in [7, 11) is 0. The van der Waals surface area contributed by atoms with Gasteiger partial charge in [-0.3, -0.25) is 4.79 Å². The minimum atomic E-state index is -0.220. The first-order chi connectivity index (χ1) is 13.7. The average Bonchev–Trinajstić information content (AvgIpc) is 3.18. The molecule has 4 rings (SSSR count). The number of carbonyl (C=O) groups is 1. The lowest BCUT2D eigenvalue weighted by molar-refractivity contribution is 0.0947. The Morgan fingerprint density at radius 3 is 2.25 bits per heavy atom. The van der Waals surface area contributed by atoms with Crippen molar-refractivity contribution < 1.29 is 4.79 Å². The van der Waals surface area contributed by atoms with Gasteiger partial charge in [0.25, 0.3) is 5.91 Å². The van der Waals surface area contributed by atoms with Crippen LogP contribution in [0.25, 0.3) is 11.4 Å². The van der Waals surface area contributed by atoms with E-state index in [4.69, 9.17) is 0 Å². The lowest BCUT2D eigenvalue weighted by Gasteiger charge is -2.09. The van der Waals surface area contributed by atoms with Gasteiger partial charge in [0.1, 0.15) is 0 Å². The number of anilines is 1. The summed E-state index contributed by atoms with van der Waals surface area (Å²) >= 11 is 0. The van der Waals surface area contributed by atoms with Gasteiger partial charge >= 0.3 is 0 Å². The molecule has 5 heteroatoms. The zero-order chi connectivity index (χ0) is 19.3.